The zero-order chi connectivity index (χ0) is 18.0. The van der Waals surface area contributed by atoms with Crippen LogP contribution in [-0.4, -0.2) is 15.5 Å². The van der Waals surface area contributed by atoms with E-state index in [2.05, 4.69) is 4.40 Å². The Morgan fingerprint density at radius 1 is 1.04 bits per heavy atom. The average Bonchev–Trinajstić information content (AvgIpc) is 2.52. The van der Waals surface area contributed by atoms with Crippen molar-refractivity contribution in [2.75, 3.05) is 0 Å². The summed E-state index contributed by atoms with van der Waals surface area (Å²) in [5.74, 6) is -3.10. The number of alkyl halides is 2. The van der Waals surface area contributed by atoms with Crippen LogP contribution in [0.15, 0.2) is 52.9 Å². The Kier molecular flexibility index (Phi) is 5.45. The van der Waals surface area contributed by atoms with Crippen molar-refractivity contribution in [3.63, 3.8) is 0 Å². The van der Waals surface area contributed by atoms with Gasteiger partial charge in [-0.15, -0.1) is 0 Å². The molecule has 128 valence electrons. The van der Waals surface area contributed by atoms with E-state index < -0.39 is 22.0 Å². The smallest absolute Gasteiger partial charge is 0.298 e. The largest absolute Gasteiger partial charge is 0.591 e. The molecule has 1 atom stereocenters. The number of aryl methyl sites for hydroxylation is 1. The molecule has 0 N–H and O–H groups in total. The van der Waals surface area contributed by atoms with E-state index in [-0.39, 0.29) is 11.1 Å². The van der Waals surface area contributed by atoms with Crippen molar-refractivity contribution in [1.29, 1.82) is 0 Å². The second kappa shape index (κ2) is 7.03. The molecule has 5 heteroatoms. The van der Waals surface area contributed by atoms with Crippen LogP contribution >= 0.6 is 0 Å². The summed E-state index contributed by atoms with van der Waals surface area (Å²) in [6, 6.07) is 12.4. The van der Waals surface area contributed by atoms with Gasteiger partial charge in [-0.2, -0.15) is 8.78 Å². The Morgan fingerprint density at radius 3 is 2.33 bits per heavy atom. The van der Waals surface area contributed by atoms with Crippen LogP contribution in [0.25, 0.3) is 0 Å². The summed E-state index contributed by atoms with van der Waals surface area (Å²) in [5, 5.41) is 0. The predicted molar refractivity (Wildman–Crippen MR) is 96.1 cm³/mol. The first-order valence-electron chi connectivity index (χ1n) is 7.63. The highest BCUT2D eigenvalue weighted by Gasteiger charge is 2.35. The molecular weight excluding hydrogens is 328 g/mol. The molecule has 0 heterocycles. The van der Waals surface area contributed by atoms with Crippen molar-refractivity contribution < 1.29 is 13.3 Å². The predicted octanol–water partition coefficient (Wildman–Crippen LogP) is 5.02. The first kappa shape index (κ1) is 18.6. The summed E-state index contributed by atoms with van der Waals surface area (Å²) in [5.41, 5.74) is 0.911. The molecule has 0 amide bonds. The maximum Gasteiger partial charge on any atom is 0.298 e. The Morgan fingerprint density at radius 2 is 1.71 bits per heavy atom. The number of hydrogen-bond acceptors (Lipinski definition) is 2. The lowest BCUT2D eigenvalue weighted by Crippen LogP contribution is -2.25. The molecule has 0 saturated carbocycles. The molecule has 0 fully saturated rings. The van der Waals surface area contributed by atoms with Crippen LogP contribution in [-0.2, 0) is 17.3 Å². The van der Waals surface area contributed by atoms with Gasteiger partial charge in [-0.1, -0.05) is 46.9 Å². The zero-order valence-electron chi connectivity index (χ0n) is 14.2. The minimum atomic E-state index is -3.10. The normalized spacial score (nSPS) is 14.1. The molecule has 0 aliphatic carbocycles. The Hall–Kier alpha value is -1.72. The van der Waals surface area contributed by atoms with Crippen LogP contribution in [0.2, 0.25) is 0 Å². The number of rotatable bonds is 4. The van der Waals surface area contributed by atoms with Crippen molar-refractivity contribution in [1.82, 2.24) is 0 Å². The van der Waals surface area contributed by atoms with Crippen LogP contribution < -0.4 is 0 Å². The van der Waals surface area contributed by atoms with Gasteiger partial charge in [0.15, 0.2) is 0 Å². The van der Waals surface area contributed by atoms with Gasteiger partial charge in [-0.3, -0.25) is 0 Å². The molecule has 0 unspecified atom stereocenters. The molecule has 24 heavy (non-hydrogen) atoms. The molecule has 2 aromatic carbocycles. The maximum absolute atomic E-state index is 14.8. The first-order chi connectivity index (χ1) is 11.1. The van der Waals surface area contributed by atoms with Gasteiger partial charge in [0.25, 0.3) is 5.92 Å². The number of halogens is 2. The van der Waals surface area contributed by atoms with Gasteiger partial charge in [-0.25, -0.2) is 0 Å². The molecule has 0 bridgehead atoms. The lowest BCUT2D eigenvalue weighted by atomic mass is 9.95. The second-order valence-electron chi connectivity index (χ2n) is 6.61. The van der Waals surface area contributed by atoms with Gasteiger partial charge in [-0.05, 0) is 44.9 Å². The van der Waals surface area contributed by atoms with Gasteiger partial charge >= 0.3 is 0 Å². The highest BCUT2D eigenvalue weighted by atomic mass is 32.2. The summed E-state index contributed by atoms with van der Waals surface area (Å²) >= 11 is -1.42. The van der Waals surface area contributed by atoms with E-state index in [1.54, 1.807) is 37.3 Å². The standard InChI is InChI=1S/C19H21F2NOS/c1-14-8-5-6-11-17(14)19(20,21)16-10-7-9-15(12-16)13-22-24(23)18(2,3)4/h5-13H,1-4H3/b22-13+/t24-/m1/s1. The van der Waals surface area contributed by atoms with Crippen LogP contribution in [0.3, 0.4) is 0 Å². The van der Waals surface area contributed by atoms with Crippen molar-refractivity contribution in [2.24, 2.45) is 4.40 Å². The van der Waals surface area contributed by atoms with E-state index >= 15 is 0 Å². The minimum Gasteiger partial charge on any atom is -0.591 e. The van der Waals surface area contributed by atoms with Crippen LogP contribution in [0.1, 0.15) is 43.0 Å². The number of benzene rings is 2. The van der Waals surface area contributed by atoms with Crippen molar-refractivity contribution >= 4 is 17.6 Å². The first-order valence-corrected chi connectivity index (χ1v) is 8.73. The Balaban J connectivity index is 2.34. The number of hydrogen-bond donors (Lipinski definition) is 0. The lowest BCUT2D eigenvalue weighted by molar-refractivity contribution is 0.0421. The summed E-state index contributed by atoms with van der Waals surface area (Å²) in [6.45, 7) is 7.09. The fourth-order valence-electron chi connectivity index (χ4n) is 2.16. The fraction of sp³-hybridized carbons (Fsp3) is 0.316. The van der Waals surface area contributed by atoms with Gasteiger partial charge in [0.2, 0.25) is 0 Å². The van der Waals surface area contributed by atoms with Crippen molar-refractivity contribution in [3.05, 3.63) is 70.8 Å². The van der Waals surface area contributed by atoms with Gasteiger partial charge in [0.05, 0.1) is 6.21 Å². The Labute approximate surface area is 144 Å². The van der Waals surface area contributed by atoms with E-state index in [4.69, 9.17) is 0 Å². The quantitative estimate of drug-likeness (QED) is 0.564. The highest BCUT2D eigenvalue weighted by Crippen LogP contribution is 2.37. The summed E-state index contributed by atoms with van der Waals surface area (Å²) in [6.07, 6.45) is 1.39. The molecule has 2 rings (SSSR count). The van der Waals surface area contributed by atoms with E-state index in [1.165, 1.54) is 24.4 Å². The topological polar surface area (TPSA) is 35.4 Å². The second-order valence-corrected chi connectivity index (χ2v) is 8.54. The summed E-state index contributed by atoms with van der Waals surface area (Å²) < 4.78 is 45.1. The monoisotopic (exact) mass is 349 g/mol. The van der Waals surface area contributed by atoms with Gasteiger partial charge < -0.3 is 4.55 Å². The number of nitrogens with zero attached hydrogens (tertiary/aromatic N) is 1. The molecule has 0 saturated heterocycles. The van der Waals surface area contributed by atoms with E-state index in [1.807, 2.05) is 20.8 Å². The Bertz CT molecular complexity index is 738. The summed E-state index contributed by atoms with van der Waals surface area (Å²) in [7, 11) is 0. The molecule has 0 aliphatic heterocycles. The third-order valence-corrected chi connectivity index (χ3v) is 4.90. The SMILES string of the molecule is Cc1ccccc1C(F)(F)c1cccc(/C=N/[S@+]([O-])C(C)(C)C)c1. The third kappa shape index (κ3) is 4.22. The lowest BCUT2D eigenvalue weighted by Gasteiger charge is -2.20. The maximum atomic E-state index is 14.8. The van der Waals surface area contributed by atoms with E-state index in [9.17, 15) is 13.3 Å². The molecular formula is C19H21F2NOS. The third-order valence-electron chi connectivity index (χ3n) is 3.55. The van der Waals surface area contributed by atoms with Crippen LogP contribution in [0.4, 0.5) is 8.78 Å². The van der Waals surface area contributed by atoms with Crippen LogP contribution in [0, 0.1) is 6.92 Å². The van der Waals surface area contributed by atoms with Gasteiger partial charge in [0, 0.05) is 11.1 Å². The zero-order valence-corrected chi connectivity index (χ0v) is 15.0. The molecule has 2 nitrogen and oxygen atoms in total. The molecule has 0 aliphatic rings. The molecule has 0 aromatic heterocycles. The van der Waals surface area contributed by atoms with Crippen molar-refractivity contribution in [2.45, 2.75) is 38.4 Å². The average molecular weight is 349 g/mol. The molecule has 0 radical (unpaired) electrons. The minimum absolute atomic E-state index is 0.0163. The van der Waals surface area contributed by atoms with Crippen LogP contribution in [0.5, 0.6) is 0 Å². The highest BCUT2D eigenvalue weighted by molar-refractivity contribution is 7.91. The molecule has 0 spiro atoms. The van der Waals surface area contributed by atoms with Crippen molar-refractivity contribution in [3.8, 4) is 0 Å². The van der Waals surface area contributed by atoms with E-state index in [0.717, 1.165) is 0 Å². The van der Waals surface area contributed by atoms with E-state index in [0.29, 0.717) is 11.1 Å². The summed E-state index contributed by atoms with van der Waals surface area (Å²) in [4.78, 5) is 0. The van der Waals surface area contributed by atoms with Gasteiger partial charge in [0.1, 0.15) is 16.1 Å². The molecule has 2 aromatic rings. The fourth-order valence-corrected chi connectivity index (χ4v) is 2.70.